The summed E-state index contributed by atoms with van der Waals surface area (Å²) < 4.78 is 33.0. The number of aromatic nitrogens is 1. The van der Waals surface area contributed by atoms with Gasteiger partial charge in [-0.25, -0.2) is 8.78 Å². The van der Waals surface area contributed by atoms with E-state index in [1.807, 2.05) is 4.90 Å². The highest BCUT2D eigenvalue weighted by atomic mass is 19.2. The lowest BCUT2D eigenvalue weighted by molar-refractivity contribution is -0.118. The van der Waals surface area contributed by atoms with Gasteiger partial charge in [0.05, 0.1) is 0 Å². The molecule has 1 saturated heterocycles. The number of fused-ring (bicyclic) bond motifs is 1. The van der Waals surface area contributed by atoms with E-state index < -0.39 is 11.6 Å². The molecule has 0 atom stereocenters. The number of Topliss-reactive ketones (excluding diaryl/α,β-unsaturated/α-hetero) is 1. The fourth-order valence-corrected chi connectivity index (χ4v) is 4.85. The second-order valence-electron chi connectivity index (χ2n) is 8.65. The fourth-order valence-electron chi connectivity index (χ4n) is 4.85. The maximum atomic E-state index is 14.2. The third kappa shape index (κ3) is 4.60. The van der Waals surface area contributed by atoms with Crippen molar-refractivity contribution in [1.82, 2.24) is 10.1 Å². The van der Waals surface area contributed by atoms with E-state index in [2.05, 4.69) is 10.1 Å². The average Bonchev–Trinajstić information content (AvgIpc) is 3.15. The summed E-state index contributed by atoms with van der Waals surface area (Å²) in [4.78, 5) is 15.7. The van der Waals surface area contributed by atoms with E-state index in [-0.39, 0.29) is 11.0 Å². The Morgan fingerprint density at radius 2 is 1.79 bits per heavy atom. The minimum absolute atomic E-state index is 0.140. The van der Waals surface area contributed by atoms with E-state index >= 15 is 0 Å². The smallest absolute Gasteiger partial charge is 0.183 e. The summed E-state index contributed by atoms with van der Waals surface area (Å²) >= 11 is 0. The Hall–Kier alpha value is -2.02. The van der Waals surface area contributed by atoms with Crippen molar-refractivity contribution >= 4 is 22.6 Å². The lowest BCUT2D eigenvalue weighted by Crippen LogP contribution is -2.47. The molecular formula is C22H29F2N3O2. The second kappa shape index (κ2) is 8.78. The molecule has 29 heavy (non-hydrogen) atoms. The Kier molecular flexibility index (Phi) is 6.13. The topological polar surface area (TPSA) is 49.6 Å². The molecule has 0 N–H and O–H groups in total. The molecule has 1 saturated carbocycles. The normalized spacial score (nSPS) is 23.6. The van der Waals surface area contributed by atoms with Gasteiger partial charge in [0.25, 0.3) is 0 Å². The molecule has 0 unspecified atom stereocenters. The van der Waals surface area contributed by atoms with Gasteiger partial charge in [-0.2, -0.15) is 0 Å². The van der Waals surface area contributed by atoms with E-state index in [0.29, 0.717) is 17.5 Å². The maximum absolute atomic E-state index is 14.2. The zero-order valence-corrected chi connectivity index (χ0v) is 17.0. The average molecular weight is 405 g/mol. The number of hydrogen-bond acceptors (Lipinski definition) is 5. The fraction of sp³-hybridized carbons (Fsp3) is 0.636. The van der Waals surface area contributed by atoms with Crippen LogP contribution in [-0.2, 0) is 4.79 Å². The Morgan fingerprint density at radius 1 is 1.10 bits per heavy atom. The van der Waals surface area contributed by atoms with Crippen molar-refractivity contribution in [3.8, 4) is 0 Å². The molecule has 4 rings (SSSR count). The summed E-state index contributed by atoms with van der Waals surface area (Å²) in [5.41, 5.74) is 0.279. The van der Waals surface area contributed by atoms with E-state index in [1.165, 1.54) is 38.2 Å². The highest BCUT2D eigenvalue weighted by Gasteiger charge is 2.26. The minimum Gasteiger partial charge on any atom is -0.354 e. The molecule has 0 bridgehead atoms. The van der Waals surface area contributed by atoms with Gasteiger partial charge in [-0.15, -0.1) is 0 Å². The van der Waals surface area contributed by atoms with Crippen LogP contribution in [-0.4, -0.2) is 48.6 Å². The number of nitrogens with zero attached hydrogens (tertiary/aromatic N) is 3. The van der Waals surface area contributed by atoms with Crippen LogP contribution in [0.3, 0.4) is 0 Å². The van der Waals surface area contributed by atoms with E-state index in [1.54, 1.807) is 6.92 Å². The van der Waals surface area contributed by atoms with Crippen LogP contribution < -0.4 is 4.90 Å². The van der Waals surface area contributed by atoms with Gasteiger partial charge in [-0.05, 0) is 56.7 Å². The molecule has 158 valence electrons. The molecule has 1 aliphatic carbocycles. The molecule has 7 heteroatoms. The molecule has 0 spiro atoms. The quantitative estimate of drug-likeness (QED) is 0.713. The first-order valence-corrected chi connectivity index (χ1v) is 10.7. The number of ketones is 1. The van der Waals surface area contributed by atoms with E-state index in [0.717, 1.165) is 51.1 Å². The first-order valence-electron chi connectivity index (χ1n) is 10.7. The van der Waals surface area contributed by atoms with Gasteiger partial charge >= 0.3 is 0 Å². The van der Waals surface area contributed by atoms with Crippen molar-refractivity contribution < 1.29 is 18.1 Å². The van der Waals surface area contributed by atoms with Gasteiger partial charge < -0.3 is 14.2 Å². The minimum atomic E-state index is -0.887. The van der Waals surface area contributed by atoms with Crippen LogP contribution in [0.15, 0.2) is 16.7 Å². The van der Waals surface area contributed by atoms with Crippen LogP contribution >= 0.6 is 0 Å². The molecule has 2 aromatic rings. The molecule has 1 aromatic heterocycles. The van der Waals surface area contributed by atoms with Crippen LogP contribution in [0.4, 0.5) is 14.6 Å². The van der Waals surface area contributed by atoms with Crippen LogP contribution in [0.5, 0.6) is 0 Å². The van der Waals surface area contributed by atoms with Crippen LogP contribution in [0, 0.1) is 23.5 Å². The van der Waals surface area contributed by atoms with Gasteiger partial charge in [0.1, 0.15) is 11.2 Å². The number of carbonyl (C=O) groups is 1. The van der Waals surface area contributed by atoms with E-state index in [4.69, 9.17) is 4.52 Å². The van der Waals surface area contributed by atoms with Crippen molar-refractivity contribution in [2.75, 3.05) is 37.6 Å². The summed E-state index contributed by atoms with van der Waals surface area (Å²) in [6.45, 7) is 5.97. The zero-order chi connectivity index (χ0) is 20.4. The highest BCUT2D eigenvalue weighted by molar-refractivity contribution is 5.89. The highest BCUT2D eigenvalue weighted by Crippen LogP contribution is 2.33. The molecule has 0 amide bonds. The van der Waals surface area contributed by atoms with Gasteiger partial charge in [0, 0.05) is 32.6 Å². The third-order valence-corrected chi connectivity index (χ3v) is 6.58. The first-order chi connectivity index (χ1) is 14.0. The molecule has 2 aliphatic rings. The Bertz CT molecular complexity index is 853. The number of hydrogen-bond donors (Lipinski definition) is 0. The molecule has 5 nitrogen and oxygen atoms in total. The molecule has 1 aromatic carbocycles. The van der Waals surface area contributed by atoms with Gasteiger partial charge in [0.2, 0.25) is 0 Å². The number of benzene rings is 1. The Morgan fingerprint density at radius 3 is 2.48 bits per heavy atom. The lowest BCUT2D eigenvalue weighted by atomic mass is 9.78. The van der Waals surface area contributed by atoms with E-state index in [9.17, 15) is 13.6 Å². The maximum Gasteiger partial charge on any atom is 0.183 e. The molecule has 1 aliphatic heterocycles. The number of anilines is 1. The van der Waals surface area contributed by atoms with Gasteiger partial charge in [0.15, 0.2) is 23.0 Å². The molecular weight excluding hydrogens is 376 g/mol. The Balaban J connectivity index is 1.26. The molecule has 2 fully saturated rings. The first kappa shape index (κ1) is 20.3. The summed E-state index contributed by atoms with van der Waals surface area (Å²) in [5, 5.41) is 4.13. The molecule has 0 radical (unpaired) electrons. The van der Waals surface area contributed by atoms with Gasteiger partial charge in [-0.3, -0.25) is 4.90 Å². The SMILES string of the molecule is CC(=O)C[C@H]1CC[C@H](CCN2CCN(c3noc4ccc(F)c(F)c34)CC2)CC1. The number of piperazine rings is 1. The Labute approximate surface area is 170 Å². The predicted molar refractivity (Wildman–Crippen MR) is 108 cm³/mol. The third-order valence-electron chi connectivity index (χ3n) is 6.58. The summed E-state index contributed by atoms with van der Waals surface area (Å²) in [7, 11) is 0. The zero-order valence-electron chi connectivity index (χ0n) is 17.0. The molecule has 2 heterocycles. The lowest BCUT2D eigenvalue weighted by Gasteiger charge is -2.36. The second-order valence-corrected chi connectivity index (χ2v) is 8.65. The van der Waals surface area contributed by atoms with Crippen molar-refractivity contribution in [1.29, 1.82) is 0 Å². The van der Waals surface area contributed by atoms with Crippen molar-refractivity contribution in [3.63, 3.8) is 0 Å². The monoisotopic (exact) mass is 405 g/mol. The van der Waals surface area contributed by atoms with Gasteiger partial charge in [-0.1, -0.05) is 18.0 Å². The van der Waals surface area contributed by atoms with Crippen molar-refractivity contribution in [2.24, 2.45) is 11.8 Å². The largest absolute Gasteiger partial charge is 0.354 e. The number of halogens is 2. The van der Waals surface area contributed by atoms with Crippen LogP contribution in [0.2, 0.25) is 0 Å². The summed E-state index contributed by atoms with van der Waals surface area (Å²) in [5.74, 6) is 0.303. The van der Waals surface area contributed by atoms with Crippen LogP contribution in [0.1, 0.15) is 45.4 Å². The standard InChI is InChI=1S/C22H29F2N3O2/c1-15(28)14-17-4-2-16(3-5-17)8-9-26-10-12-27(13-11-26)22-20-19(29-25-22)7-6-18(23)21(20)24/h6-7,16-17H,2-5,8-14H2,1H3/t16-,17-. The summed E-state index contributed by atoms with van der Waals surface area (Å²) in [6, 6.07) is 2.49. The number of rotatable bonds is 6. The van der Waals surface area contributed by atoms with Crippen molar-refractivity contribution in [3.05, 3.63) is 23.8 Å². The predicted octanol–water partition coefficient (Wildman–Crippen LogP) is 4.40. The number of carbonyl (C=O) groups excluding carboxylic acids is 1. The summed E-state index contributed by atoms with van der Waals surface area (Å²) in [6.07, 6.45) is 6.76. The van der Waals surface area contributed by atoms with Crippen molar-refractivity contribution in [2.45, 2.75) is 45.4 Å². The van der Waals surface area contributed by atoms with Crippen LogP contribution in [0.25, 0.3) is 11.0 Å².